The van der Waals surface area contributed by atoms with Crippen LogP contribution in [0.4, 0.5) is 0 Å². The van der Waals surface area contributed by atoms with E-state index in [1.54, 1.807) is 12.1 Å². The summed E-state index contributed by atoms with van der Waals surface area (Å²) >= 11 is 3.33. The average molecular weight is 368 g/mol. The van der Waals surface area contributed by atoms with Crippen molar-refractivity contribution in [3.63, 3.8) is 0 Å². The fraction of sp³-hybridized carbons (Fsp3) is 0.500. The van der Waals surface area contributed by atoms with Gasteiger partial charge in [0.2, 0.25) is 5.91 Å². The fourth-order valence-corrected chi connectivity index (χ4v) is 3.14. The first kappa shape index (κ1) is 17.0. The van der Waals surface area contributed by atoms with E-state index in [0.29, 0.717) is 31.0 Å². The summed E-state index contributed by atoms with van der Waals surface area (Å²) in [4.78, 5) is 23.7. The molecular formula is C16H22BrN3O2. The Labute approximate surface area is 139 Å². The number of carbonyl (C=O) groups excluding carboxylic acids is 2. The van der Waals surface area contributed by atoms with Crippen molar-refractivity contribution in [2.45, 2.75) is 31.7 Å². The maximum absolute atomic E-state index is 11.9. The van der Waals surface area contributed by atoms with Gasteiger partial charge in [-0.1, -0.05) is 28.4 Å². The highest BCUT2D eigenvalue weighted by Crippen LogP contribution is 2.26. The Kier molecular flexibility index (Phi) is 6.39. The Hall–Kier alpha value is -1.40. The third-order valence-corrected chi connectivity index (χ3v) is 4.48. The molecule has 120 valence electrons. The Morgan fingerprint density at radius 2 is 2.00 bits per heavy atom. The van der Waals surface area contributed by atoms with Crippen LogP contribution in [0.3, 0.4) is 0 Å². The summed E-state index contributed by atoms with van der Waals surface area (Å²) in [5, 5.41) is 5.61. The number of benzene rings is 1. The quantitative estimate of drug-likeness (QED) is 0.670. The molecule has 1 saturated carbocycles. The maximum Gasteiger partial charge on any atom is 0.251 e. The molecule has 2 amide bonds. The topological polar surface area (TPSA) is 84.2 Å². The summed E-state index contributed by atoms with van der Waals surface area (Å²) in [5.41, 5.74) is 6.55. The van der Waals surface area contributed by atoms with Crippen LogP contribution in [0.15, 0.2) is 28.7 Å². The molecule has 0 unspecified atom stereocenters. The van der Waals surface area contributed by atoms with E-state index in [4.69, 9.17) is 5.73 Å². The minimum absolute atomic E-state index is 0.0130. The SMILES string of the molecule is N[C@@H]1CCC[C@H]1CC(=O)NCCNC(=O)c1cccc(Br)c1. The lowest BCUT2D eigenvalue weighted by atomic mass is 10.00. The van der Waals surface area contributed by atoms with Gasteiger partial charge in [-0.25, -0.2) is 0 Å². The van der Waals surface area contributed by atoms with Gasteiger partial charge < -0.3 is 16.4 Å². The van der Waals surface area contributed by atoms with E-state index < -0.39 is 0 Å². The van der Waals surface area contributed by atoms with E-state index >= 15 is 0 Å². The fourth-order valence-electron chi connectivity index (χ4n) is 2.74. The van der Waals surface area contributed by atoms with Crippen molar-refractivity contribution >= 4 is 27.7 Å². The Morgan fingerprint density at radius 1 is 1.23 bits per heavy atom. The van der Waals surface area contributed by atoms with Crippen LogP contribution >= 0.6 is 15.9 Å². The minimum Gasteiger partial charge on any atom is -0.354 e. The van der Waals surface area contributed by atoms with E-state index in [0.717, 1.165) is 23.7 Å². The van der Waals surface area contributed by atoms with Crippen molar-refractivity contribution in [1.29, 1.82) is 0 Å². The molecule has 0 aliphatic heterocycles. The molecule has 0 aromatic heterocycles. The molecule has 1 aromatic carbocycles. The third kappa shape index (κ3) is 5.10. The number of amides is 2. The summed E-state index contributed by atoms with van der Waals surface area (Å²) in [7, 11) is 0. The van der Waals surface area contributed by atoms with Gasteiger partial charge in [0.25, 0.3) is 5.91 Å². The van der Waals surface area contributed by atoms with Gasteiger partial charge in [0.1, 0.15) is 0 Å². The molecule has 6 heteroatoms. The summed E-state index contributed by atoms with van der Waals surface area (Å²) in [6.07, 6.45) is 3.65. The van der Waals surface area contributed by atoms with Crippen molar-refractivity contribution in [3.05, 3.63) is 34.3 Å². The first-order chi connectivity index (χ1) is 10.6. The van der Waals surface area contributed by atoms with E-state index in [9.17, 15) is 9.59 Å². The normalized spacial score (nSPS) is 20.6. The van der Waals surface area contributed by atoms with Gasteiger partial charge in [0.05, 0.1) is 0 Å². The molecule has 2 atom stereocenters. The number of hydrogen-bond donors (Lipinski definition) is 3. The van der Waals surface area contributed by atoms with Gasteiger partial charge in [-0.15, -0.1) is 0 Å². The molecule has 1 aromatic rings. The van der Waals surface area contributed by atoms with Gasteiger partial charge in [-0.2, -0.15) is 0 Å². The highest BCUT2D eigenvalue weighted by atomic mass is 79.9. The molecule has 1 fully saturated rings. The summed E-state index contributed by atoms with van der Waals surface area (Å²) in [6.45, 7) is 0.842. The molecule has 0 heterocycles. The van der Waals surface area contributed by atoms with Crippen LogP contribution in [0.5, 0.6) is 0 Å². The van der Waals surface area contributed by atoms with Crippen LogP contribution in [0, 0.1) is 5.92 Å². The highest BCUT2D eigenvalue weighted by molar-refractivity contribution is 9.10. The Balaban J connectivity index is 1.64. The van der Waals surface area contributed by atoms with Crippen LogP contribution in [0.2, 0.25) is 0 Å². The smallest absolute Gasteiger partial charge is 0.251 e. The van der Waals surface area contributed by atoms with Gasteiger partial charge >= 0.3 is 0 Å². The summed E-state index contributed by atoms with van der Waals surface area (Å²) in [5.74, 6) is 0.170. The predicted octanol–water partition coefficient (Wildman–Crippen LogP) is 1.81. The largest absolute Gasteiger partial charge is 0.354 e. The van der Waals surface area contributed by atoms with Crippen LogP contribution < -0.4 is 16.4 Å². The van der Waals surface area contributed by atoms with Gasteiger partial charge in [0.15, 0.2) is 0 Å². The lowest BCUT2D eigenvalue weighted by Gasteiger charge is -2.14. The molecule has 4 N–H and O–H groups in total. The van der Waals surface area contributed by atoms with E-state index in [2.05, 4.69) is 26.6 Å². The summed E-state index contributed by atoms with van der Waals surface area (Å²) in [6, 6.07) is 7.34. The second-order valence-corrected chi connectivity index (χ2v) is 6.59. The monoisotopic (exact) mass is 367 g/mol. The lowest BCUT2D eigenvalue weighted by molar-refractivity contribution is -0.122. The second-order valence-electron chi connectivity index (χ2n) is 5.68. The molecule has 1 aliphatic carbocycles. The standard InChI is InChI=1S/C16H22BrN3O2/c17-13-5-1-4-12(9-13)16(22)20-8-7-19-15(21)10-11-3-2-6-14(11)18/h1,4-5,9,11,14H,2-3,6-8,10,18H2,(H,19,21)(H,20,22)/t11-,14+/m0/s1. The molecule has 0 spiro atoms. The van der Waals surface area contributed by atoms with E-state index in [1.807, 2.05) is 12.1 Å². The Morgan fingerprint density at radius 3 is 2.68 bits per heavy atom. The third-order valence-electron chi connectivity index (χ3n) is 3.98. The van der Waals surface area contributed by atoms with Crippen molar-refractivity contribution in [1.82, 2.24) is 10.6 Å². The van der Waals surface area contributed by atoms with Crippen molar-refractivity contribution in [2.75, 3.05) is 13.1 Å². The molecular weight excluding hydrogens is 346 g/mol. The maximum atomic E-state index is 11.9. The van der Waals surface area contributed by atoms with E-state index in [1.165, 1.54) is 0 Å². The van der Waals surface area contributed by atoms with Crippen molar-refractivity contribution in [3.8, 4) is 0 Å². The number of halogens is 1. The molecule has 5 nitrogen and oxygen atoms in total. The first-order valence-corrected chi connectivity index (χ1v) is 8.41. The first-order valence-electron chi connectivity index (χ1n) is 7.62. The lowest BCUT2D eigenvalue weighted by Crippen LogP contribution is -2.36. The highest BCUT2D eigenvalue weighted by Gasteiger charge is 2.25. The molecule has 2 rings (SSSR count). The van der Waals surface area contributed by atoms with Crippen LogP contribution in [0.1, 0.15) is 36.0 Å². The minimum atomic E-state index is -0.145. The van der Waals surface area contributed by atoms with Gasteiger partial charge in [0, 0.05) is 35.6 Å². The van der Waals surface area contributed by atoms with Gasteiger partial charge in [-0.05, 0) is 37.0 Å². The van der Waals surface area contributed by atoms with Crippen molar-refractivity contribution in [2.24, 2.45) is 11.7 Å². The zero-order valence-corrected chi connectivity index (χ0v) is 14.1. The van der Waals surface area contributed by atoms with Crippen molar-refractivity contribution < 1.29 is 9.59 Å². The number of hydrogen-bond acceptors (Lipinski definition) is 3. The Bertz CT molecular complexity index is 536. The van der Waals surface area contributed by atoms with Crippen LogP contribution in [-0.4, -0.2) is 30.9 Å². The molecule has 0 bridgehead atoms. The molecule has 22 heavy (non-hydrogen) atoms. The van der Waals surface area contributed by atoms with E-state index in [-0.39, 0.29) is 17.9 Å². The number of nitrogens with one attached hydrogen (secondary N) is 2. The average Bonchev–Trinajstić information content (AvgIpc) is 2.88. The van der Waals surface area contributed by atoms with Gasteiger partial charge in [-0.3, -0.25) is 9.59 Å². The van der Waals surface area contributed by atoms with Crippen LogP contribution in [-0.2, 0) is 4.79 Å². The number of nitrogens with two attached hydrogens (primary N) is 1. The second kappa shape index (κ2) is 8.29. The molecule has 1 aliphatic rings. The zero-order valence-electron chi connectivity index (χ0n) is 12.5. The molecule has 0 saturated heterocycles. The number of carbonyl (C=O) groups is 2. The predicted molar refractivity (Wildman–Crippen MR) is 89.4 cm³/mol. The zero-order chi connectivity index (χ0) is 15.9. The van der Waals surface area contributed by atoms with Crippen LogP contribution in [0.25, 0.3) is 0 Å². The molecule has 0 radical (unpaired) electrons. The number of rotatable bonds is 6. The summed E-state index contributed by atoms with van der Waals surface area (Å²) < 4.78 is 0.862.